The first-order valence-electron chi connectivity index (χ1n) is 5.72. The molecule has 4 heteroatoms. The highest BCUT2D eigenvalue weighted by Crippen LogP contribution is 2.36. The first-order chi connectivity index (χ1) is 7.28. The molecule has 0 aromatic rings. The maximum Gasteiger partial charge on any atom is 0.307 e. The van der Waals surface area contributed by atoms with Crippen molar-refractivity contribution in [1.29, 1.82) is 0 Å². The van der Waals surface area contributed by atoms with Crippen molar-refractivity contribution in [3.05, 3.63) is 0 Å². The van der Waals surface area contributed by atoms with Crippen molar-refractivity contribution in [1.82, 2.24) is 0 Å². The number of carboxylic acid groups (broad SMARTS) is 1. The highest BCUT2D eigenvalue weighted by atomic mass is 16.6. The Kier molecular flexibility index (Phi) is 3.94. The fraction of sp³-hybridized carbons (Fsp3) is 0.833. The Labute approximate surface area is 96.0 Å². The summed E-state index contributed by atoms with van der Waals surface area (Å²) in [5.74, 6) is -1.39. The van der Waals surface area contributed by atoms with E-state index < -0.39 is 23.5 Å². The number of hydrogen-bond donors (Lipinski definition) is 1. The maximum atomic E-state index is 11.5. The Morgan fingerprint density at radius 2 is 1.94 bits per heavy atom. The molecule has 4 nitrogen and oxygen atoms in total. The van der Waals surface area contributed by atoms with Gasteiger partial charge in [0.05, 0.1) is 12.3 Å². The summed E-state index contributed by atoms with van der Waals surface area (Å²) >= 11 is 0. The number of carbonyl (C=O) groups is 2. The molecule has 1 unspecified atom stereocenters. The van der Waals surface area contributed by atoms with Crippen LogP contribution in [0.1, 0.15) is 46.5 Å². The van der Waals surface area contributed by atoms with Crippen LogP contribution in [0.2, 0.25) is 0 Å². The SMILES string of the molecule is CC(C)(C)OC(=O)CC(CC1CC1)C(=O)O. The molecule has 0 aromatic carbocycles. The van der Waals surface area contributed by atoms with Crippen molar-refractivity contribution in [2.24, 2.45) is 11.8 Å². The summed E-state index contributed by atoms with van der Waals surface area (Å²) in [7, 11) is 0. The van der Waals surface area contributed by atoms with Gasteiger partial charge in [0.15, 0.2) is 0 Å². The smallest absolute Gasteiger partial charge is 0.307 e. The molecule has 1 atom stereocenters. The summed E-state index contributed by atoms with van der Waals surface area (Å²) in [6.45, 7) is 5.34. The summed E-state index contributed by atoms with van der Waals surface area (Å²) < 4.78 is 5.12. The van der Waals surface area contributed by atoms with Gasteiger partial charge in [-0.3, -0.25) is 9.59 Å². The number of esters is 1. The van der Waals surface area contributed by atoms with Crippen LogP contribution in [0.4, 0.5) is 0 Å². The van der Waals surface area contributed by atoms with Crippen molar-refractivity contribution in [3.8, 4) is 0 Å². The second-order valence-corrected chi connectivity index (χ2v) is 5.50. The molecule has 0 radical (unpaired) electrons. The van der Waals surface area contributed by atoms with Crippen LogP contribution in [0.5, 0.6) is 0 Å². The van der Waals surface area contributed by atoms with Crippen LogP contribution in [-0.4, -0.2) is 22.6 Å². The van der Waals surface area contributed by atoms with Crippen LogP contribution in [0.25, 0.3) is 0 Å². The predicted octanol–water partition coefficient (Wildman–Crippen LogP) is 2.22. The lowest BCUT2D eigenvalue weighted by atomic mass is 9.98. The maximum absolute atomic E-state index is 11.5. The average Bonchev–Trinajstić information content (AvgIpc) is 2.82. The van der Waals surface area contributed by atoms with E-state index in [1.807, 2.05) is 0 Å². The molecule has 1 rings (SSSR count). The topological polar surface area (TPSA) is 63.6 Å². The Balaban J connectivity index is 2.41. The molecule has 0 aromatic heterocycles. The van der Waals surface area contributed by atoms with Crippen molar-refractivity contribution < 1.29 is 19.4 Å². The van der Waals surface area contributed by atoms with E-state index in [1.165, 1.54) is 0 Å². The average molecular weight is 228 g/mol. The molecule has 1 aliphatic rings. The van der Waals surface area contributed by atoms with E-state index in [-0.39, 0.29) is 6.42 Å². The molecule has 0 saturated heterocycles. The zero-order valence-corrected chi connectivity index (χ0v) is 10.2. The molecule has 1 fully saturated rings. The highest BCUT2D eigenvalue weighted by molar-refractivity contribution is 5.79. The van der Waals surface area contributed by atoms with Gasteiger partial charge in [-0.15, -0.1) is 0 Å². The van der Waals surface area contributed by atoms with E-state index in [0.29, 0.717) is 12.3 Å². The molecule has 0 heterocycles. The number of aliphatic carboxylic acids is 1. The molecule has 0 aliphatic heterocycles. The van der Waals surface area contributed by atoms with Gasteiger partial charge >= 0.3 is 11.9 Å². The van der Waals surface area contributed by atoms with Crippen molar-refractivity contribution in [3.63, 3.8) is 0 Å². The van der Waals surface area contributed by atoms with Crippen LogP contribution in [-0.2, 0) is 14.3 Å². The van der Waals surface area contributed by atoms with Gasteiger partial charge in [-0.2, -0.15) is 0 Å². The minimum absolute atomic E-state index is 0.0108. The molecule has 1 saturated carbocycles. The highest BCUT2D eigenvalue weighted by Gasteiger charge is 2.31. The van der Waals surface area contributed by atoms with E-state index in [0.717, 1.165) is 12.8 Å². The number of carbonyl (C=O) groups excluding carboxylic acids is 1. The second kappa shape index (κ2) is 4.85. The van der Waals surface area contributed by atoms with Crippen LogP contribution >= 0.6 is 0 Å². The molecule has 92 valence electrons. The third-order valence-corrected chi connectivity index (χ3v) is 2.50. The summed E-state index contributed by atoms with van der Waals surface area (Å²) in [4.78, 5) is 22.4. The molecule has 1 N–H and O–H groups in total. The number of rotatable bonds is 5. The first-order valence-corrected chi connectivity index (χ1v) is 5.72. The van der Waals surface area contributed by atoms with Gasteiger partial charge in [-0.1, -0.05) is 12.8 Å². The Morgan fingerprint density at radius 1 is 1.38 bits per heavy atom. The molecular formula is C12H20O4. The first kappa shape index (κ1) is 13.0. The summed E-state index contributed by atoms with van der Waals surface area (Å²) in [5.41, 5.74) is -0.542. The standard InChI is InChI=1S/C12H20O4/c1-12(2,3)16-10(13)7-9(11(14)15)6-8-4-5-8/h8-9H,4-7H2,1-3H3,(H,14,15). The summed E-state index contributed by atoms with van der Waals surface area (Å²) in [5, 5.41) is 8.99. The van der Waals surface area contributed by atoms with Gasteiger partial charge in [0.2, 0.25) is 0 Å². The van der Waals surface area contributed by atoms with E-state index in [1.54, 1.807) is 20.8 Å². The molecule has 1 aliphatic carbocycles. The number of carboxylic acids is 1. The third-order valence-electron chi connectivity index (χ3n) is 2.50. The van der Waals surface area contributed by atoms with Crippen molar-refractivity contribution in [2.45, 2.75) is 52.1 Å². The Bertz CT molecular complexity index is 273. The summed E-state index contributed by atoms with van der Waals surface area (Å²) in [6, 6.07) is 0. The normalized spacial score (nSPS) is 17.9. The molecule has 0 spiro atoms. The largest absolute Gasteiger partial charge is 0.481 e. The lowest BCUT2D eigenvalue weighted by Gasteiger charge is -2.20. The third kappa shape index (κ3) is 5.14. The van der Waals surface area contributed by atoms with Crippen LogP contribution in [0, 0.1) is 11.8 Å². The molecule has 0 bridgehead atoms. The van der Waals surface area contributed by atoms with Crippen LogP contribution < -0.4 is 0 Å². The van der Waals surface area contributed by atoms with Gasteiger partial charge < -0.3 is 9.84 Å². The zero-order chi connectivity index (χ0) is 12.3. The molecule has 0 amide bonds. The van der Waals surface area contributed by atoms with Crippen molar-refractivity contribution >= 4 is 11.9 Å². The lowest BCUT2D eigenvalue weighted by molar-refractivity contribution is -0.160. The number of hydrogen-bond acceptors (Lipinski definition) is 3. The fourth-order valence-electron chi connectivity index (χ4n) is 1.61. The molecule has 16 heavy (non-hydrogen) atoms. The van der Waals surface area contributed by atoms with E-state index in [9.17, 15) is 9.59 Å². The Morgan fingerprint density at radius 3 is 2.31 bits per heavy atom. The Hall–Kier alpha value is -1.06. The van der Waals surface area contributed by atoms with Gasteiger partial charge in [-0.25, -0.2) is 0 Å². The lowest BCUT2D eigenvalue weighted by Crippen LogP contribution is -2.27. The van der Waals surface area contributed by atoms with E-state index in [2.05, 4.69) is 0 Å². The van der Waals surface area contributed by atoms with E-state index >= 15 is 0 Å². The van der Waals surface area contributed by atoms with Crippen LogP contribution in [0.15, 0.2) is 0 Å². The summed E-state index contributed by atoms with van der Waals surface area (Å²) in [6.07, 6.45) is 2.79. The van der Waals surface area contributed by atoms with Gasteiger partial charge in [-0.05, 0) is 33.1 Å². The quantitative estimate of drug-likeness (QED) is 0.733. The van der Waals surface area contributed by atoms with Crippen molar-refractivity contribution in [2.75, 3.05) is 0 Å². The zero-order valence-electron chi connectivity index (χ0n) is 10.2. The van der Waals surface area contributed by atoms with Crippen LogP contribution in [0.3, 0.4) is 0 Å². The van der Waals surface area contributed by atoms with E-state index in [4.69, 9.17) is 9.84 Å². The van der Waals surface area contributed by atoms with Gasteiger partial charge in [0, 0.05) is 0 Å². The predicted molar refractivity (Wildman–Crippen MR) is 58.9 cm³/mol. The number of ether oxygens (including phenoxy) is 1. The van der Waals surface area contributed by atoms with Gasteiger partial charge in [0.1, 0.15) is 5.60 Å². The molecular weight excluding hydrogens is 208 g/mol. The monoisotopic (exact) mass is 228 g/mol. The fourth-order valence-corrected chi connectivity index (χ4v) is 1.61. The minimum atomic E-state index is -0.891. The second-order valence-electron chi connectivity index (χ2n) is 5.50. The minimum Gasteiger partial charge on any atom is -0.481 e. The van der Waals surface area contributed by atoms with Gasteiger partial charge in [0.25, 0.3) is 0 Å².